The maximum Gasteiger partial charge on any atom is 0.356 e. The first-order chi connectivity index (χ1) is 11.3. The number of fused-ring (bicyclic) bond motifs is 1. The highest BCUT2D eigenvalue weighted by atomic mass is 16.8. The fourth-order valence-corrected chi connectivity index (χ4v) is 2.60. The van der Waals surface area contributed by atoms with E-state index < -0.39 is 24.3 Å². The lowest BCUT2D eigenvalue weighted by Gasteiger charge is -2.30. The molecule has 0 spiro atoms. The van der Waals surface area contributed by atoms with Crippen molar-refractivity contribution in [1.29, 1.82) is 0 Å². The van der Waals surface area contributed by atoms with Crippen molar-refractivity contribution in [3.63, 3.8) is 0 Å². The van der Waals surface area contributed by atoms with Gasteiger partial charge in [-0.15, -0.1) is 0 Å². The molecular weight excluding hydrogens is 300 g/mol. The highest BCUT2D eigenvalue weighted by molar-refractivity contribution is 6.38. The van der Waals surface area contributed by atoms with Gasteiger partial charge in [0.15, 0.2) is 11.8 Å². The fourth-order valence-electron chi connectivity index (χ4n) is 2.60. The predicted octanol–water partition coefficient (Wildman–Crippen LogP) is 1.72. The van der Waals surface area contributed by atoms with E-state index in [1.165, 1.54) is 0 Å². The first kappa shape index (κ1) is 15.5. The van der Waals surface area contributed by atoms with Gasteiger partial charge in [-0.25, -0.2) is 4.79 Å². The third-order valence-corrected chi connectivity index (χ3v) is 3.61. The summed E-state index contributed by atoms with van der Waals surface area (Å²) in [6.07, 6.45) is -1.27. The maximum atomic E-state index is 12.1. The smallest absolute Gasteiger partial charge is 0.356 e. The second-order valence-corrected chi connectivity index (χ2v) is 5.02. The number of rotatable bonds is 5. The van der Waals surface area contributed by atoms with E-state index in [9.17, 15) is 4.79 Å². The number of nitrogens with zero attached hydrogens (tertiary/aromatic N) is 2. The van der Waals surface area contributed by atoms with Crippen molar-refractivity contribution in [1.82, 2.24) is 0 Å². The van der Waals surface area contributed by atoms with E-state index >= 15 is 0 Å². The lowest BCUT2D eigenvalue weighted by atomic mass is 9.89. The van der Waals surface area contributed by atoms with Crippen LogP contribution in [0.3, 0.4) is 0 Å². The molecule has 2 heterocycles. The number of hydrogen-bond donors (Lipinski definition) is 0. The Bertz CT molecular complexity index is 629. The van der Waals surface area contributed by atoms with Crippen LogP contribution in [0.25, 0.3) is 0 Å². The van der Waals surface area contributed by atoms with Crippen LogP contribution in [-0.2, 0) is 23.9 Å². The molecule has 7 heteroatoms. The minimum absolute atomic E-state index is 0.165. The van der Waals surface area contributed by atoms with Gasteiger partial charge in [0.1, 0.15) is 11.6 Å². The van der Waals surface area contributed by atoms with E-state index in [0.29, 0.717) is 12.3 Å². The molecule has 0 bridgehead atoms. The molecule has 2 aliphatic heterocycles. The van der Waals surface area contributed by atoms with Crippen molar-refractivity contribution in [2.45, 2.75) is 26.2 Å². The van der Waals surface area contributed by atoms with Gasteiger partial charge in [-0.3, -0.25) is 0 Å². The number of benzene rings is 1. The molecule has 0 saturated heterocycles. The van der Waals surface area contributed by atoms with Gasteiger partial charge in [0.05, 0.1) is 6.61 Å². The van der Waals surface area contributed by atoms with Crippen LogP contribution in [0.5, 0.6) is 0 Å². The quantitative estimate of drug-likeness (QED) is 0.772. The third-order valence-electron chi connectivity index (χ3n) is 3.61. The van der Waals surface area contributed by atoms with Crippen LogP contribution in [0.1, 0.15) is 19.4 Å². The molecule has 0 fully saturated rings. The first-order valence-corrected chi connectivity index (χ1v) is 7.57. The molecule has 122 valence electrons. The number of esters is 1. The van der Waals surface area contributed by atoms with Crippen LogP contribution in [0.15, 0.2) is 40.6 Å². The van der Waals surface area contributed by atoms with E-state index in [0.717, 1.165) is 5.56 Å². The standard InChI is InChI=1S/C16H18N2O5/c1-3-20-15(19)13-11-14(22-18-13)12(10-8-6-5-7-9-10)17-23-16(11)21-4-2/h5-9,11,14,16H,3-4H2,1-2H3/t11-,14+,16-/m1/s1. The lowest BCUT2D eigenvalue weighted by Crippen LogP contribution is -2.47. The van der Waals surface area contributed by atoms with E-state index in [2.05, 4.69) is 10.3 Å². The number of carbonyl (C=O) groups excluding carboxylic acids is 1. The summed E-state index contributed by atoms with van der Waals surface area (Å²) < 4.78 is 10.6. The minimum Gasteiger partial charge on any atom is -0.461 e. The van der Waals surface area contributed by atoms with Crippen molar-refractivity contribution in [2.24, 2.45) is 16.2 Å². The van der Waals surface area contributed by atoms with Gasteiger partial charge >= 0.3 is 5.97 Å². The number of hydrogen-bond acceptors (Lipinski definition) is 7. The van der Waals surface area contributed by atoms with E-state index in [1.807, 2.05) is 37.3 Å². The van der Waals surface area contributed by atoms with Crippen LogP contribution in [-0.4, -0.2) is 43.0 Å². The molecule has 2 aliphatic rings. The average Bonchev–Trinajstić information content (AvgIpc) is 3.02. The summed E-state index contributed by atoms with van der Waals surface area (Å²) in [5.41, 5.74) is 1.59. The van der Waals surface area contributed by atoms with Crippen molar-refractivity contribution in [3.8, 4) is 0 Å². The van der Waals surface area contributed by atoms with Gasteiger partial charge in [0.25, 0.3) is 0 Å². The Hall–Kier alpha value is -2.41. The maximum absolute atomic E-state index is 12.1. The minimum atomic E-state index is -0.733. The summed E-state index contributed by atoms with van der Waals surface area (Å²) in [4.78, 5) is 23.0. The summed E-state index contributed by atoms with van der Waals surface area (Å²) in [6.45, 7) is 4.25. The molecular formula is C16H18N2O5. The Morgan fingerprint density at radius 1 is 1.13 bits per heavy atom. The van der Waals surface area contributed by atoms with Gasteiger partial charge in [0.2, 0.25) is 6.29 Å². The summed E-state index contributed by atoms with van der Waals surface area (Å²) in [7, 11) is 0. The molecule has 0 N–H and O–H groups in total. The van der Waals surface area contributed by atoms with Crippen LogP contribution >= 0.6 is 0 Å². The summed E-state index contributed by atoms with van der Waals surface area (Å²) in [6, 6.07) is 9.48. The van der Waals surface area contributed by atoms with Gasteiger partial charge in [-0.1, -0.05) is 40.6 Å². The Labute approximate surface area is 133 Å². The molecule has 3 rings (SSSR count). The third kappa shape index (κ3) is 2.92. The second-order valence-electron chi connectivity index (χ2n) is 5.02. The Morgan fingerprint density at radius 3 is 2.61 bits per heavy atom. The zero-order valence-corrected chi connectivity index (χ0v) is 13.0. The van der Waals surface area contributed by atoms with E-state index in [4.69, 9.17) is 19.1 Å². The zero-order chi connectivity index (χ0) is 16.2. The monoisotopic (exact) mass is 318 g/mol. The number of carbonyl (C=O) groups is 1. The molecule has 0 unspecified atom stereocenters. The fraction of sp³-hybridized carbons (Fsp3) is 0.438. The SMILES string of the molecule is CCOC(=O)C1=NO[C@@H]2C(c3ccccc3)=NO[C@@H](OCC)[C@H]12. The van der Waals surface area contributed by atoms with Crippen molar-refractivity contribution in [3.05, 3.63) is 35.9 Å². The summed E-state index contributed by atoms with van der Waals surface area (Å²) >= 11 is 0. The van der Waals surface area contributed by atoms with E-state index in [1.54, 1.807) is 6.92 Å². The van der Waals surface area contributed by atoms with Crippen LogP contribution < -0.4 is 0 Å². The first-order valence-electron chi connectivity index (χ1n) is 7.57. The van der Waals surface area contributed by atoms with Gasteiger partial charge in [-0.05, 0) is 13.8 Å². The summed E-state index contributed by atoms with van der Waals surface area (Å²) in [5, 5.41) is 8.03. The Morgan fingerprint density at radius 2 is 1.91 bits per heavy atom. The summed E-state index contributed by atoms with van der Waals surface area (Å²) in [5.74, 6) is -1.04. The van der Waals surface area contributed by atoms with Gasteiger partial charge < -0.3 is 19.1 Å². The van der Waals surface area contributed by atoms with Gasteiger partial charge in [-0.2, -0.15) is 0 Å². The molecule has 0 saturated carbocycles. The van der Waals surface area contributed by atoms with Crippen LogP contribution in [0.4, 0.5) is 0 Å². The molecule has 3 atom stereocenters. The molecule has 7 nitrogen and oxygen atoms in total. The molecule has 1 aromatic rings. The molecule has 0 radical (unpaired) electrons. The Kier molecular flexibility index (Phi) is 4.57. The predicted molar refractivity (Wildman–Crippen MR) is 81.9 cm³/mol. The second kappa shape index (κ2) is 6.78. The van der Waals surface area contributed by atoms with Gasteiger partial charge in [0, 0.05) is 12.2 Å². The van der Waals surface area contributed by atoms with Crippen molar-refractivity contribution >= 4 is 17.4 Å². The topological polar surface area (TPSA) is 78.7 Å². The largest absolute Gasteiger partial charge is 0.461 e. The molecule has 1 aromatic carbocycles. The number of oxime groups is 2. The van der Waals surface area contributed by atoms with E-state index in [-0.39, 0.29) is 12.3 Å². The van der Waals surface area contributed by atoms with Crippen LogP contribution in [0.2, 0.25) is 0 Å². The normalized spacial score (nSPS) is 25.6. The molecule has 23 heavy (non-hydrogen) atoms. The highest BCUT2D eigenvalue weighted by Crippen LogP contribution is 2.32. The van der Waals surface area contributed by atoms with Crippen molar-refractivity contribution < 1.29 is 23.9 Å². The van der Waals surface area contributed by atoms with Crippen molar-refractivity contribution in [2.75, 3.05) is 13.2 Å². The Balaban J connectivity index is 1.91. The average molecular weight is 318 g/mol. The lowest BCUT2D eigenvalue weighted by molar-refractivity contribution is -0.176. The molecule has 0 amide bonds. The molecule has 0 aliphatic carbocycles. The highest BCUT2D eigenvalue weighted by Gasteiger charge is 2.51. The molecule has 0 aromatic heterocycles. The zero-order valence-electron chi connectivity index (χ0n) is 13.0. The number of ether oxygens (including phenoxy) is 2. The van der Waals surface area contributed by atoms with Crippen LogP contribution in [0, 0.1) is 5.92 Å².